The lowest BCUT2D eigenvalue weighted by atomic mass is 10.0. The standard InChI is InChI=1S/C11H12ClNO2/c1-6-2-7-3-8(12)4-9(10(14)5-13)11(7)15-6/h3-4,6H,2,5,13H2,1H3. The Bertz CT molecular complexity index is 417. The molecule has 0 aromatic heterocycles. The minimum Gasteiger partial charge on any atom is -0.489 e. The van der Waals surface area contributed by atoms with E-state index in [1.807, 2.05) is 13.0 Å². The summed E-state index contributed by atoms with van der Waals surface area (Å²) in [4.78, 5) is 11.6. The molecular formula is C11H12ClNO2. The number of carbonyl (C=O) groups excluding carboxylic acids is 1. The van der Waals surface area contributed by atoms with E-state index in [2.05, 4.69) is 0 Å². The molecule has 0 radical (unpaired) electrons. The summed E-state index contributed by atoms with van der Waals surface area (Å²) in [6.07, 6.45) is 0.892. The Kier molecular flexibility index (Phi) is 2.67. The summed E-state index contributed by atoms with van der Waals surface area (Å²) in [7, 11) is 0. The number of fused-ring (bicyclic) bond motifs is 1. The first-order chi connectivity index (χ1) is 7.11. The predicted molar refractivity (Wildman–Crippen MR) is 58.6 cm³/mol. The van der Waals surface area contributed by atoms with Crippen LogP contribution in [0.3, 0.4) is 0 Å². The van der Waals surface area contributed by atoms with Crippen molar-refractivity contribution in [3.05, 3.63) is 28.3 Å². The first kappa shape index (κ1) is 10.5. The zero-order valence-corrected chi connectivity index (χ0v) is 9.17. The van der Waals surface area contributed by atoms with Crippen LogP contribution in [0.5, 0.6) is 5.75 Å². The molecule has 0 saturated carbocycles. The Labute approximate surface area is 93.2 Å². The first-order valence-corrected chi connectivity index (χ1v) is 5.22. The van der Waals surface area contributed by atoms with Gasteiger partial charge in [0.2, 0.25) is 0 Å². The minimum atomic E-state index is -0.136. The molecule has 1 unspecified atom stereocenters. The number of ketones is 1. The van der Waals surface area contributed by atoms with Gasteiger partial charge in [-0.2, -0.15) is 0 Å². The van der Waals surface area contributed by atoms with E-state index in [0.717, 1.165) is 12.0 Å². The predicted octanol–water partition coefficient (Wildman–Crippen LogP) is 1.80. The molecule has 3 nitrogen and oxygen atoms in total. The second kappa shape index (κ2) is 3.83. The maximum absolute atomic E-state index is 11.6. The highest BCUT2D eigenvalue weighted by molar-refractivity contribution is 6.31. The van der Waals surface area contributed by atoms with Crippen LogP contribution in [0.1, 0.15) is 22.8 Å². The third-order valence-electron chi connectivity index (χ3n) is 2.44. The second-order valence-electron chi connectivity index (χ2n) is 3.70. The lowest BCUT2D eigenvalue weighted by Crippen LogP contribution is -2.15. The van der Waals surface area contributed by atoms with E-state index >= 15 is 0 Å². The van der Waals surface area contributed by atoms with Crippen LogP contribution >= 0.6 is 11.6 Å². The molecule has 2 rings (SSSR count). The van der Waals surface area contributed by atoms with Gasteiger partial charge < -0.3 is 10.5 Å². The average molecular weight is 226 g/mol. The van der Waals surface area contributed by atoms with Crippen molar-refractivity contribution in [2.24, 2.45) is 5.73 Å². The Morgan fingerprint density at radius 3 is 3.07 bits per heavy atom. The maximum Gasteiger partial charge on any atom is 0.180 e. The summed E-state index contributed by atoms with van der Waals surface area (Å²) in [5, 5.41) is 0.559. The van der Waals surface area contributed by atoms with Crippen LogP contribution in [0.4, 0.5) is 0 Å². The molecule has 0 amide bonds. The number of Topliss-reactive ketones (excluding diaryl/α,β-unsaturated/α-hetero) is 1. The monoisotopic (exact) mass is 225 g/mol. The van der Waals surface area contributed by atoms with E-state index in [0.29, 0.717) is 16.3 Å². The minimum absolute atomic E-state index is 0.0233. The lowest BCUT2D eigenvalue weighted by molar-refractivity contribution is 0.0997. The summed E-state index contributed by atoms with van der Waals surface area (Å²) < 4.78 is 5.58. The Balaban J connectivity index is 2.52. The second-order valence-corrected chi connectivity index (χ2v) is 4.14. The molecule has 80 valence electrons. The van der Waals surface area contributed by atoms with E-state index in [-0.39, 0.29) is 18.4 Å². The number of nitrogens with two attached hydrogens (primary N) is 1. The van der Waals surface area contributed by atoms with Gasteiger partial charge in [0.25, 0.3) is 0 Å². The fourth-order valence-electron chi connectivity index (χ4n) is 1.81. The van der Waals surface area contributed by atoms with E-state index in [1.165, 1.54) is 0 Å². The number of rotatable bonds is 2. The van der Waals surface area contributed by atoms with E-state index in [9.17, 15) is 4.79 Å². The maximum atomic E-state index is 11.6. The van der Waals surface area contributed by atoms with Crippen molar-refractivity contribution in [1.29, 1.82) is 0 Å². The van der Waals surface area contributed by atoms with Gasteiger partial charge in [-0.1, -0.05) is 11.6 Å². The van der Waals surface area contributed by atoms with Crippen molar-refractivity contribution in [1.82, 2.24) is 0 Å². The van der Waals surface area contributed by atoms with Crippen molar-refractivity contribution in [2.45, 2.75) is 19.4 Å². The quantitative estimate of drug-likeness (QED) is 0.781. The van der Waals surface area contributed by atoms with Crippen LogP contribution in [-0.4, -0.2) is 18.4 Å². The summed E-state index contributed by atoms with van der Waals surface area (Å²) >= 11 is 5.93. The van der Waals surface area contributed by atoms with Crippen LogP contribution in [0.25, 0.3) is 0 Å². The molecule has 1 aromatic carbocycles. The van der Waals surface area contributed by atoms with E-state index < -0.39 is 0 Å². The van der Waals surface area contributed by atoms with E-state index in [4.69, 9.17) is 22.1 Å². The van der Waals surface area contributed by atoms with Crippen molar-refractivity contribution < 1.29 is 9.53 Å². The summed E-state index contributed by atoms with van der Waals surface area (Å²) in [6.45, 7) is 1.94. The van der Waals surface area contributed by atoms with Crippen LogP contribution in [0, 0.1) is 0 Å². The molecule has 1 aromatic rings. The van der Waals surface area contributed by atoms with Crippen LogP contribution in [-0.2, 0) is 6.42 Å². The van der Waals surface area contributed by atoms with Crippen LogP contribution < -0.4 is 10.5 Å². The number of hydrogen-bond donors (Lipinski definition) is 1. The fraction of sp³-hybridized carbons (Fsp3) is 0.364. The average Bonchev–Trinajstić information content (AvgIpc) is 2.55. The topological polar surface area (TPSA) is 52.3 Å². The van der Waals surface area contributed by atoms with Crippen molar-refractivity contribution in [2.75, 3.05) is 6.54 Å². The Hall–Kier alpha value is -1.06. The normalized spacial score (nSPS) is 18.5. The Morgan fingerprint density at radius 1 is 1.67 bits per heavy atom. The van der Waals surface area contributed by atoms with Gasteiger partial charge in [-0.25, -0.2) is 0 Å². The molecule has 15 heavy (non-hydrogen) atoms. The molecule has 0 fully saturated rings. The molecular weight excluding hydrogens is 214 g/mol. The van der Waals surface area contributed by atoms with Crippen LogP contribution in [0.15, 0.2) is 12.1 Å². The largest absolute Gasteiger partial charge is 0.489 e. The smallest absolute Gasteiger partial charge is 0.180 e. The van der Waals surface area contributed by atoms with Gasteiger partial charge in [0.1, 0.15) is 11.9 Å². The summed E-state index contributed by atoms with van der Waals surface area (Å²) in [5.74, 6) is 0.519. The summed E-state index contributed by atoms with van der Waals surface area (Å²) in [5.41, 5.74) is 6.83. The zero-order chi connectivity index (χ0) is 11.0. The molecule has 0 aliphatic carbocycles. The summed E-state index contributed by atoms with van der Waals surface area (Å²) in [6, 6.07) is 3.46. The number of hydrogen-bond acceptors (Lipinski definition) is 3. The van der Waals surface area contributed by atoms with Gasteiger partial charge in [0.05, 0.1) is 12.1 Å². The fourth-order valence-corrected chi connectivity index (χ4v) is 2.05. The van der Waals surface area contributed by atoms with Crippen molar-refractivity contribution >= 4 is 17.4 Å². The van der Waals surface area contributed by atoms with E-state index in [1.54, 1.807) is 6.07 Å². The molecule has 0 spiro atoms. The first-order valence-electron chi connectivity index (χ1n) is 4.84. The number of carbonyl (C=O) groups is 1. The molecule has 1 aliphatic rings. The zero-order valence-electron chi connectivity index (χ0n) is 8.42. The molecule has 1 atom stereocenters. The number of halogens is 1. The molecule has 2 N–H and O–H groups in total. The van der Waals surface area contributed by atoms with Gasteiger partial charge >= 0.3 is 0 Å². The molecule has 1 heterocycles. The highest BCUT2D eigenvalue weighted by atomic mass is 35.5. The molecule has 0 bridgehead atoms. The van der Waals surface area contributed by atoms with Gasteiger partial charge in [-0.15, -0.1) is 0 Å². The number of benzene rings is 1. The van der Waals surface area contributed by atoms with Gasteiger partial charge in [0.15, 0.2) is 5.78 Å². The van der Waals surface area contributed by atoms with Gasteiger partial charge in [0, 0.05) is 17.0 Å². The third-order valence-corrected chi connectivity index (χ3v) is 2.66. The third kappa shape index (κ3) is 1.85. The highest BCUT2D eigenvalue weighted by Crippen LogP contribution is 2.35. The molecule has 4 heteroatoms. The van der Waals surface area contributed by atoms with Gasteiger partial charge in [-0.3, -0.25) is 4.79 Å². The SMILES string of the molecule is CC1Cc2cc(Cl)cc(C(=O)CN)c2O1. The lowest BCUT2D eigenvalue weighted by Gasteiger charge is -2.08. The van der Waals surface area contributed by atoms with Gasteiger partial charge in [-0.05, 0) is 19.1 Å². The number of ether oxygens (including phenoxy) is 1. The highest BCUT2D eigenvalue weighted by Gasteiger charge is 2.25. The molecule has 0 saturated heterocycles. The molecule has 1 aliphatic heterocycles. The van der Waals surface area contributed by atoms with Crippen LogP contribution in [0.2, 0.25) is 5.02 Å². The van der Waals surface area contributed by atoms with Crippen molar-refractivity contribution in [3.8, 4) is 5.75 Å². The Morgan fingerprint density at radius 2 is 2.40 bits per heavy atom. The van der Waals surface area contributed by atoms with Crippen molar-refractivity contribution in [3.63, 3.8) is 0 Å².